The van der Waals surface area contributed by atoms with Crippen molar-refractivity contribution in [3.05, 3.63) is 47.2 Å². The van der Waals surface area contributed by atoms with Crippen molar-refractivity contribution in [3.8, 4) is 11.1 Å². The lowest BCUT2D eigenvalue weighted by molar-refractivity contribution is 0.748. The number of hydrogen-bond donors (Lipinski definition) is 1. The zero-order valence-corrected chi connectivity index (χ0v) is 13.7. The summed E-state index contributed by atoms with van der Waals surface area (Å²) in [7, 11) is 0. The first-order valence-electron chi connectivity index (χ1n) is 7.46. The zero-order valence-electron chi connectivity index (χ0n) is 13.0. The van der Waals surface area contributed by atoms with Gasteiger partial charge in [-0.2, -0.15) is 9.61 Å². The maximum atomic E-state index is 5.97. The summed E-state index contributed by atoms with van der Waals surface area (Å²) >= 11 is 5.97. The first kappa shape index (κ1) is 14.9. The van der Waals surface area contributed by atoms with E-state index >= 15 is 0 Å². The Bertz CT molecular complexity index is 792. The van der Waals surface area contributed by atoms with Gasteiger partial charge in [0.2, 0.25) is 0 Å². The Balaban J connectivity index is 2.12. The maximum Gasteiger partial charge on any atom is 0.165 e. The largest absolute Gasteiger partial charge is 0.367 e. The Morgan fingerprint density at radius 3 is 2.68 bits per heavy atom. The van der Waals surface area contributed by atoms with Crippen molar-refractivity contribution in [2.24, 2.45) is 0 Å². The van der Waals surface area contributed by atoms with Gasteiger partial charge in [-0.1, -0.05) is 30.7 Å². The number of benzene rings is 1. The molecule has 1 atom stereocenters. The second kappa shape index (κ2) is 5.97. The van der Waals surface area contributed by atoms with Gasteiger partial charge in [0.15, 0.2) is 5.65 Å². The number of aromatic nitrogens is 3. The fourth-order valence-electron chi connectivity index (χ4n) is 2.37. The van der Waals surface area contributed by atoms with Crippen molar-refractivity contribution >= 4 is 23.1 Å². The Labute approximate surface area is 135 Å². The van der Waals surface area contributed by atoms with E-state index in [1.54, 1.807) is 0 Å². The number of rotatable bonds is 4. The van der Waals surface area contributed by atoms with Crippen LogP contribution in [0, 0.1) is 6.92 Å². The fraction of sp³-hybridized carbons (Fsp3) is 0.294. The van der Waals surface area contributed by atoms with Crippen LogP contribution in [-0.2, 0) is 0 Å². The molecule has 4 nitrogen and oxygen atoms in total. The van der Waals surface area contributed by atoms with E-state index in [0.717, 1.165) is 39.7 Å². The number of hydrogen-bond acceptors (Lipinski definition) is 3. The monoisotopic (exact) mass is 314 g/mol. The van der Waals surface area contributed by atoms with E-state index < -0.39 is 0 Å². The van der Waals surface area contributed by atoms with Crippen LogP contribution in [-0.4, -0.2) is 20.6 Å². The van der Waals surface area contributed by atoms with Gasteiger partial charge in [-0.15, -0.1) is 0 Å². The standard InChI is InChI=1S/C17H19ClN4/c1-4-11(2)20-16-9-12(3)21-17-15(10-19-22(16)17)13-5-7-14(18)8-6-13/h5-11,20H,4H2,1-3H3/t11-/m0/s1. The highest BCUT2D eigenvalue weighted by atomic mass is 35.5. The molecule has 5 heteroatoms. The predicted octanol–water partition coefficient (Wildman–Crippen LogP) is 4.57. The quantitative estimate of drug-likeness (QED) is 0.767. The molecule has 3 rings (SSSR count). The molecule has 0 amide bonds. The summed E-state index contributed by atoms with van der Waals surface area (Å²) in [6.07, 6.45) is 2.90. The lowest BCUT2D eigenvalue weighted by atomic mass is 10.1. The number of nitrogens with one attached hydrogen (secondary N) is 1. The third-order valence-electron chi connectivity index (χ3n) is 3.76. The molecule has 1 N–H and O–H groups in total. The lowest BCUT2D eigenvalue weighted by Crippen LogP contribution is -2.16. The van der Waals surface area contributed by atoms with Gasteiger partial charge >= 0.3 is 0 Å². The summed E-state index contributed by atoms with van der Waals surface area (Å²) in [4.78, 5) is 4.66. The summed E-state index contributed by atoms with van der Waals surface area (Å²) in [5.74, 6) is 0.970. The van der Waals surface area contributed by atoms with Crippen LogP contribution in [0.4, 0.5) is 5.82 Å². The van der Waals surface area contributed by atoms with Gasteiger partial charge in [-0.3, -0.25) is 0 Å². The van der Waals surface area contributed by atoms with E-state index in [-0.39, 0.29) is 0 Å². The first-order valence-corrected chi connectivity index (χ1v) is 7.84. The third kappa shape index (κ3) is 2.79. The Kier molecular flexibility index (Phi) is 4.03. The smallest absolute Gasteiger partial charge is 0.165 e. The fourth-order valence-corrected chi connectivity index (χ4v) is 2.50. The van der Waals surface area contributed by atoms with Crippen molar-refractivity contribution in [1.29, 1.82) is 0 Å². The highest BCUT2D eigenvalue weighted by molar-refractivity contribution is 6.30. The molecule has 2 heterocycles. The second-order valence-corrected chi connectivity index (χ2v) is 5.97. The zero-order chi connectivity index (χ0) is 15.7. The van der Waals surface area contributed by atoms with Crippen LogP contribution in [0.15, 0.2) is 36.5 Å². The topological polar surface area (TPSA) is 42.2 Å². The highest BCUT2D eigenvalue weighted by Crippen LogP contribution is 2.27. The van der Waals surface area contributed by atoms with Crippen molar-refractivity contribution in [2.75, 3.05) is 5.32 Å². The molecule has 2 aromatic heterocycles. The molecule has 0 saturated carbocycles. The minimum atomic E-state index is 0.383. The predicted molar refractivity (Wildman–Crippen MR) is 91.5 cm³/mol. The Hall–Kier alpha value is -2.07. The van der Waals surface area contributed by atoms with Crippen LogP contribution in [0.1, 0.15) is 26.0 Å². The number of fused-ring (bicyclic) bond motifs is 1. The molecule has 0 aliphatic rings. The highest BCUT2D eigenvalue weighted by Gasteiger charge is 2.13. The molecule has 114 valence electrons. The molecular formula is C17H19ClN4. The van der Waals surface area contributed by atoms with Crippen LogP contribution < -0.4 is 5.32 Å². The van der Waals surface area contributed by atoms with Gasteiger partial charge in [0.1, 0.15) is 5.82 Å². The molecule has 0 aliphatic carbocycles. The van der Waals surface area contributed by atoms with Crippen molar-refractivity contribution in [3.63, 3.8) is 0 Å². The molecule has 0 radical (unpaired) electrons. The van der Waals surface area contributed by atoms with Gasteiger partial charge in [-0.25, -0.2) is 4.98 Å². The van der Waals surface area contributed by atoms with E-state index in [2.05, 4.69) is 29.2 Å². The molecule has 1 aromatic carbocycles. The molecule has 0 aliphatic heterocycles. The van der Waals surface area contributed by atoms with Gasteiger partial charge < -0.3 is 5.32 Å². The van der Waals surface area contributed by atoms with E-state index in [4.69, 9.17) is 11.6 Å². The van der Waals surface area contributed by atoms with E-state index in [0.29, 0.717) is 6.04 Å². The van der Waals surface area contributed by atoms with Gasteiger partial charge in [0, 0.05) is 28.4 Å². The van der Waals surface area contributed by atoms with E-state index in [1.165, 1.54) is 0 Å². The number of nitrogens with zero attached hydrogens (tertiary/aromatic N) is 3. The number of halogens is 1. The van der Waals surface area contributed by atoms with Crippen molar-refractivity contribution in [1.82, 2.24) is 14.6 Å². The van der Waals surface area contributed by atoms with E-state index in [1.807, 2.05) is 48.0 Å². The van der Waals surface area contributed by atoms with Crippen molar-refractivity contribution in [2.45, 2.75) is 33.2 Å². The van der Waals surface area contributed by atoms with Gasteiger partial charge in [0.25, 0.3) is 0 Å². The Morgan fingerprint density at radius 2 is 2.00 bits per heavy atom. The van der Waals surface area contributed by atoms with Crippen LogP contribution in [0.3, 0.4) is 0 Å². The molecule has 22 heavy (non-hydrogen) atoms. The number of anilines is 1. The average Bonchev–Trinajstić information content (AvgIpc) is 2.91. The molecule has 0 saturated heterocycles. The normalized spacial score (nSPS) is 12.5. The van der Waals surface area contributed by atoms with Crippen LogP contribution in [0.25, 0.3) is 16.8 Å². The van der Waals surface area contributed by atoms with E-state index in [9.17, 15) is 0 Å². The van der Waals surface area contributed by atoms with Gasteiger partial charge in [0.05, 0.1) is 6.20 Å². The molecule has 0 unspecified atom stereocenters. The minimum absolute atomic E-state index is 0.383. The summed E-state index contributed by atoms with van der Waals surface area (Å²) < 4.78 is 1.86. The molecule has 0 fully saturated rings. The molecule has 3 aromatic rings. The molecule has 0 bridgehead atoms. The SMILES string of the molecule is CC[C@H](C)Nc1cc(C)nc2c(-c3ccc(Cl)cc3)cnn12. The maximum absolute atomic E-state index is 5.97. The summed E-state index contributed by atoms with van der Waals surface area (Å²) in [5.41, 5.74) is 3.89. The van der Waals surface area contributed by atoms with Crippen molar-refractivity contribution < 1.29 is 0 Å². The Morgan fingerprint density at radius 1 is 1.27 bits per heavy atom. The van der Waals surface area contributed by atoms with Crippen LogP contribution in [0.2, 0.25) is 5.02 Å². The molecule has 0 spiro atoms. The van der Waals surface area contributed by atoms with Crippen LogP contribution in [0.5, 0.6) is 0 Å². The third-order valence-corrected chi connectivity index (χ3v) is 4.01. The average molecular weight is 315 g/mol. The summed E-state index contributed by atoms with van der Waals surface area (Å²) in [5, 5.41) is 8.72. The molecular weight excluding hydrogens is 296 g/mol. The summed E-state index contributed by atoms with van der Waals surface area (Å²) in [6.45, 7) is 6.32. The summed E-state index contributed by atoms with van der Waals surface area (Å²) in [6, 6.07) is 10.2. The van der Waals surface area contributed by atoms with Crippen LogP contribution >= 0.6 is 11.6 Å². The number of aryl methyl sites for hydroxylation is 1. The first-order chi connectivity index (χ1) is 10.6. The second-order valence-electron chi connectivity index (χ2n) is 5.54. The minimum Gasteiger partial charge on any atom is -0.367 e. The lowest BCUT2D eigenvalue weighted by Gasteiger charge is -2.14. The van der Waals surface area contributed by atoms with Gasteiger partial charge in [-0.05, 0) is 38.0 Å².